The molecule has 10 heavy (non-hydrogen) atoms. The lowest BCUT2D eigenvalue weighted by atomic mass is 10.5. The van der Waals surface area contributed by atoms with Crippen LogP contribution in [-0.2, 0) is 0 Å². The minimum atomic E-state index is 0.121. The summed E-state index contributed by atoms with van der Waals surface area (Å²) in [4.78, 5) is 2.19. The van der Waals surface area contributed by atoms with Gasteiger partial charge in [0, 0.05) is 12.3 Å². The van der Waals surface area contributed by atoms with Gasteiger partial charge in [-0.05, 0) is 27.9 Å². The molecular formula is C7H17NS2. The molecule has 0 rings (SSSR count). The van der Waals surface area contributed by atoms with Gasteiger partial charge in [-0.25, -0.2) is 0 Å². The van der Waals surface area contributed by atoms with Gasteiger partial charge in [0.05, 0.1) is 4.08 Å². The number of nitrogens with zero attached hydrogens (tertiary/aromatic N) is 1. The predicted molar refractivity (Wildman–Crippen MR) is 54.1 cm³/mol. The first-order chi connectivity index (χ1) is 4.42. The molecule has 0 saturated heterocycles. The van der Waals surface area contributed by atoms with Gasteiger partial charge in [-0.2, -0.15) is 12.6 Å². The van der Waals surface area contributed by atoms with Crippen LogP contribution in [0.4, 0.5) is 0 Å². The Balaban J connectivity index is 3.21. The molecule has 0 saturated carbocycles. The van der Waals surface area contributed by atoms with Crippen LogP contribution in [0.15, 0.2) is 0 Å². The van der Waals surface area contributed by atoms with Crippen molar-refractivity contribution in [2.45, 2.75) is 17.9 Å². The molecule has 0 radical (unpaired) electrons. The predicted octanol–water partition coefficient (Wildman–Crippen LogP) is 1.95. The van der Waals surface area contributed by atoms with Crippen LogP contribution < -0.4 is 0 Å². The normalized spacial score (nSPS) is 12.6. The topological polar surface area (TPSA) is 3.24 Å². The van der Waals surface area contributed by atoms with E-state index in [2.05, 4.69) is 45.5 Å². The summed E-state index contributed by atoms with van der Waals surface area (Å²) in [7, 11) is 4.18. The van der Waals surface area contributed by atoms with Gasteiger partial charge in [0.15, 0.2) is 0 Å². The zero-order valence-electron chi connectivity index (χ0n) is 7.22. The van der Waals surface area contributed by atoms with Crippen LogP contribution in [0.2, 0.25) is 0 Å². The van der Waals surface area contributed by atoms with Crippen molar-refractivity contribution in [3.8, 4) is 0 Å². The lowest BCUT2D eigenvalue weighted by molar-refractivity contribution is 0.437. The highest BCUT2D eigenvalue weighted by atomic mass is 32.2. The van der Waals surface area contributed by atoms with Crippen molar-refractivity contribution < 1.29 is 0 Å². The standard InChI is InChI=1S/C7H17NS2/c1-7(2,9)10-6-5-8(3)4/h9H,5-6H2,1-4H3. The molecule has 0 fully saturated rings. The quantitative estimate of drug-likeness (QED) is 0.519. The number of thioether (sulfide) groups is 1. The smallest absolute Gasteiger partial charge is 0.0525 e. The Morgan fingerprint density at radius 2 is 1.90 bits per heavy atom. The Morgan fingerprint density at radius 3 is 2.20 bits per heavy atom. The van der Waals surface area contributed by atoms with Gasteiger partial charge in [-0.15, -0.1) is 11.8 Å². The maximum Gasteiger partial charge on any atom is 0.0525 e. The first-order valence-corrected chi connectivity index (χ1v) is 4.86. The lowest BCUT2D eigenvalue weighted by Crippen LogP contribution is -2.17. The zero-order valence-corrected chi connectivity index (χ0v) is 8.93. The molecule has 0 unspecified atom stereocenters. The van der Waals surface area contributed by atoms with Crippen molar-refractivity contribution in [2.75, 3.05) is 26.4 Å². The Bertz CT molecular complexity index is 86.1. The molecule has 0 bridgehead atoms. The Hall–Kier alpha value is 0.660. The molecular weight excluding hydrogens is 162 g/mol. The third kappa shape index (κ3) is 8.66. The highest BCUT2D eigenvalue weighted by Crippen LogP contribution is 2.27. The van der Waals surface area contributed by atoms with Gasteiger partial charge < -0.3 is 4.90 Å². The summed E-state index contributed by atoms with van der Waals surface area (Å²) in [5.74, 6) is 1.16. The van der Waals surface area contributed by atoms with Crippen molar-refractivity contribution >= 4 is 24.4 Å². The highest BCUT2D eigenvalue weighted by molar-refractivity contribution is 8.11. The van der Waals surface area contributed by atoms with Crippen molar-refractivity contribution in [1.82, 2.24) is 4.90 Å². The molecule has 62 valence electrons. The molecule has 0 heterocycles. The third-order valence-electron chi connectivity index (χ3n) is 0.994. The summed E-state index contributed by atoms with van der Waals surface area (Å²) in [5.41, 5.74) is 0. The molecule has 0 spiro atoms. The minimum Gasteiger partial charge on any atom is -0.309 e. The van der Waals surface area contributed by atoms with Crippen molar-refractivity contribution in [2.24, 2.45) is 0 Å². The average molecular weight is 179 g/mol. The molecule has 0 aromatic rings. The van der Waals surface area contributed by atoms with Gasteiger partial charge in [0.1, 0.15) is 0 Å². The molecule has 0 aromatic heterocycles. The Labute approximate surface area is 74.0 Å². The van der Waals surface area contributed by atoms with Crippen molar-refractivity contribution in [3.63, 3.8) is 0 Å². The lowest BCUT2D eigenvalue weighted by Gasteiger charge is -2.17. The minimum absolute atomic E-state index is 0.121. The van der Waals surface area contributed by atoms with Crippen LogP contribution in [0.1, 0.15) is 13.8 Å². The van der Waals surface area contributed by atoms with E-state index in [1.54, 1.807) is 0 Å². The van der Waals surface area contributed by atoms with E-state index in [1.165, 1.54) is 0 Å². The molecule has 3 heteroatoms. The second kappa shape index (κ2) is 4.52. The number of hydrogen-bond acceptors (Lipinski definition) is 3. The fourth-order valence-electron chi connectivity index (χ4n) is 0.478. The van der Waals surface area contributed by atoms with Crippen LogP contribution in [-0.4, -0.2) is 35.4 Å². The molecule has 0 aliphatic rings. The van der Waals surface area contributed by atoms with Crippen LogP contribution in [0.25, 0.3) is 0 Å². The summed E-state index contributed by atoms with van der Waals surface area (Å²) in [6.07, 6.45) is 0. The molecule has 1 nitrogen and oxygen atoms in total. The molecule has 0 N–H and O–H groups in total. The maximum absolute atomic E-state index is 4.40. The van der Waals surface area contributed by atoms with Gasteiger partial charge >= 0.3 is 0 Å². The van der Waals surface area contributed by atoms with E-state index in [4.69, 9.17) is 0 Å². The Morgan fingerprint density at radius 1 is 1.40 bits per heavy atom. The van der Waals surface area contributed by atoms with Crippen molar-refractivity contribution in [1.29, 1.82) is 0 Å². The van der Waals surface area contributed by atoms with Crippen LogP contribution in [0, 0.1) is 0 Å². The summed E-state index contributed by atoms with van der Waals surface area (Å²) < 4.78 is 0.121. The molecule has 0 aliphatic carbocycles. The first kappa shape index (κ1) is 10.7. The second-order valence-corrected chi connectivity index (χ2v) is 6.24. The number of rotatable bonds is 4. The molecule has 0 amide bonds. The highest BCUT2D eigenvalue weighted by Gasteiger charge is 2.10. The summed E-state index contributed by atoms with van der Waals surface area (Å²) in [5, 5.41) is 0. The van der Waals surface area contributed by atoms with E-state index in [-0.39, 0.29) is 4.08 Å². The molecule has 0 aliphatic heterocycles. The van der Waals surface area contributed by atoms with Crippen LogP contribution >= 0.6 is 24.4 Å². The average Bonchev–Trinajstić information content (AvgIpc) is 1.59. The third-order valence-corrected chi connectivity index (χ3v) is 2.47. The van der Waals surface area contributed by atoms with Crippen molar-refractivity contribution in [3.05, 3.63) is 0 Å². The molecule has 0 atom stereocenters. The monoisotopic (exact) mass is 179 g/mol. The summed E-state index contributed by atoms with van der Waals surface area (Å²) in [6, 6.07) is 0. The number of hydrogen-bond donors (Lipinski definition) is 1. The van der Waals surface area contributed by atoms with Gasteiger partial charge in [0.2, 0.25) is 0 Å². The van der Waals surface area contributed by atoms with E-state index in [0.29, 0.717) is 0 Å². The summed E-state index contributed by atoms with van der Waals surface area (Å²) in [6.45, 7) is 5.38. The van der Waals surface area contributed by atoms with E-state index >= 15 is 0 Å². The SMILES string of the molecule is CN(C)CCSC(C)(C)S. The zero-order chi connectivity index (χ0) is 8.20. The van der Waals surface area contributed by atoms with Crippen LogP contribution in [0.5, 0.6) is 0 Å². The van der Waals surface area contributed by atoms with Gasteiger partial charge in [-0.1, -0.05) is 0 Å². The fourth-order valence-corrected chi connectivity index (χ4v) is 1.71. The molecule has 0 aromatic carbocycles. The largest absolute Gasteiger partial charge is 0.309 e. The summed E-state index contributed by atoms with van der Waals surface area (Å²) >= 11 is 6.29. The van der Waals surface area contributed by atoms with E-state index in [0.717, 1.165) is 12.3 Å². The van der Waals surface area contributed by atoms with Gasteiger partial charge in [0.25, 0.3) is 0 Å². The second-order valence-electron chi connectivity index (χ2n) is 3.10. The first-order valence-electron chi connectivity index (χ1n) is 3.43. The number of thiol groups is 1. The van der Waals surface area contributed by atoms with E-state index in [1.807, 2.05) is 11.8 Å². The van der Waals surface area contributed by atoms with Crippen LogP contribution in [0.3, 0.4) is 0 Å². The van der Waals surface area contributed by atoms with E-state index in [9.17, 15) is 0 Å². The Kier molecular flexibility index (Phi) is 4.82. The maximum atomic E-state index is 4.40. The fraction of sp³-hybridized carbons (Fsp3) is 1.00. The van der Waals surface area contributed by atoms with E-state index < -0.39 is 0 Å². The van der Waals surface area contributed by atoms with Gasteiger partial charge in [-0.3, -0.25) is 0 Å².